The van der Waals surface area contributed by atoms with Crippen LogP contribution in [0.3, 0.4) is 0 Å². The van der Waals surface area contributed by atoms with Crippen molar-refractivity contribution in [2.45, 2.75) is 6.18 Å². The molecule has 0 amide bonds. The molecule has 0 aromatic rings. The van der Waals surface area contributed by atoms with Crippen LogP contribution in [0.2, 0.25) is 0 Å². The quantitative estimate of drug-likeness (QED) is 0.519. The molecule has 0 aliphatic heterocycles. The van der Waals surface area contributed by atoms with Gasteiger partial charge in [-0.2, -0.15) is 13.2 Å². The van der Waals surface area contributed by atoms with Gasteiger partial charge in [0.1, 0.15) is 0 Å². The summed E-state index contributed by atoms with van der Waals surface area (Å²) in [5, 5.41) is 0. The van der Waals surface area contributed by atoms with Gasteiger partial charge in [0.2, 0.25) is 0 Å². The first kappa shape index (κ1) is 9.87. The van der Waals surface area contributed by atoms with E-state index in [4.69, 9.17) is 0 Å². The van der Waals surface area contributed by atoms with Gasteiger partial charge >= 0.3 is 14.0 Å². The number of hydrogen-bond acceptors (Lipinski definition) is 2. The minimum absolute atomic E-state index is 1.93. The summed E-state index contributed by atoms with van der Waals surface area (Å²) >= 11 is 0. The number of alkyl halides is 3. The molecular formula is C2H4F4NO2P. The van der Waals surface area contributed by atoms with E-state index in [0.717, 1.165) is 0 Å². The van der Waals surface area contributed by atoms with Gasteiger partial charge in [0, 0.05) is 0 Å². The van der Waals surface area contributed by atoms with E-state index >= 15 is 0 Å². The molecule has 1 unspecified atom stereocenters. The first-order valence-corrected chi connectivity index (χ1v) is 3.59. The molecule has 0 fully saturated rings. The lowest BCUT2D eigenvalue weighted by Gasteiger charge is -2.06. The first-order chi connectivity index (χ1) is 4.21. The van der Waals surface area contributed by atoms with Crippen LogP contribution in [-0.4, -0.2) is 12.8 Å². The van der Waals surface area contributed by atoms with E-state index in [1.807, 2.05) is 0 Å². The van der Waals surface area contributed by atoms with Crippen molar-refractivity contribution in [3.63, 3.8) is 0 Å². The Bertz CT molecular complexity index is 150. The summed E-state index contributed by atoms with van der Waals surface area (Å²) in [6, 6.07) is 0. The van der Waals surface area contributed by atoms with Crippen LogP contribution in [0, 0.1) is 0 Å². The van der Waals surface area contributed by atoms with Gasteiger partial charge in [-0.1, -0.05) is 0 Å². The lowest BCUT2D eigenvalue weighted by atomic mass is 10.7. The Hall–Kier alpha value is -0.130. The average molecular weight is 181 g/mol. The molecule has 0 heterocycles. The Kier molecular flexibility index (Phi) is 2.82. The zero-order chi connectivity index (χ0) is 8.41. The van der Waals surface area contributed by atoms with Gasteiger partial charge in [-0.15, -0.1) is 4.20 Å². The molecule has 0 saturated heterocycles. The number of hydrogen-bond donors (Lipinski definition) is 1. The van der Waals surface area contributed by atoms with E-state index in [-0.39, 0.29) is 0 Å². The van der Waals surface area contributed by atoms with Crippen molar-refractivity contribution < 1.29 is 26.5 Å². The van der Waals surface area contributed by atoms with E-state index in [1.165, 1.54) is 0 Å². The van der Waals surface area contributed by atoms with Crippen molar-refractivity contribution >= 4 is 7.83 Å². The lowest BCUT2D eigenvalue weighted by molar-refractivity contribution is -0.154. The van der Waals surface area contributed by atoms with Crippen molar-refractivity contribution in [1.29, 1.82) is 0 Å². The first-order valence-electron chi connectivity index (χ1n) is 2.00. The van der Waals surface area contributed by atoms with Crippen LogP contribution in [-0.2, 0) is 9.09 Å². The van der Waals surface area contributed by atoms with Crippen LogP contribution in [0.1, 0.15) is 0 Å². The Morgan fingerprint density at radius 2 is 1.90 bits per heavy atom. The maximum Gasteiger partial charge on any atom is 0.440 e. The molecule has 2 N–H and O–H groups in total. The van der Waals surface area contributed by atoms with Crippen LogP contribution in [0.15, 0.2) is 0 Å². The molecule has 0 bridgehead atoms. The molecule has 62 valence electrons. The van der Waals surface area contributed by atoms with Crippen molar-refractivity contribution in [3.8, 4) is 0 Å². The molecule has 0 rings (SSSR count). The summed E-state index contributed by atoms with van der Waals surface area (Å²) in [7, 11) is -4.98. The smallest absolute Gasteiger partial charge is 0.284 e. The minimum Gasteiger partial charge on any atom is -0.284 e. The monoisotopic (exact) mass is 181 g/mol. The molecule has 0 aromatic heterocycles. The van der Waals surface area contributed by atoms with Crippen molar-refractivity contribution in [2.24, 2.45) is 5.50 Å². The van der Waals surface area contributed by atoms with Gasteiger partial charge in [0.05, 0.1) is 0 Å². The third-order valence-electron chi connectivity index (χ3n) is 0.404. The second kappa shape index (κ2) is 2.86. The fraction of sp³-hybridized carbons (Fsp3) is 1.00. The van der Waals surface area contributed by atoms with Gasteiger partial charge in [-0.3, -0.25) is 4.52 Å². The highest BCUT2D eigenvalue weighted by molar-refractivity contribution is 7.50. The Labute approximate surface area is 53.8 Å². The van der Waals surface area contributed by atoms with E-state index in [0.29, 0.717) is 0 Å². The van der Waals surface area contributed by atoms with Gasteiger partial charge in [0.25, 0.3) is 0 Å². The van der Waals surface area contributed by atoms with E-state index in [2.05, 4.69) is 10.0 Å². The minimum atomic E-state index is -4.98. The topological polar surface area (TPSA) is 52.3 Å². The molecule has 3 nitrogen and oxygen atoms in total. The molecule has 0 aliphatic rings. The molecule has 0 aliphatic carbocycles. The normalized spacial score (nSPS) is 18.5. The number of nitrogens with two attached hydrogens (primary N) is 1. The van der Waals surface area contributed by atoms with Crippen LogP contribution in [0.25, 0.3) is 0 Å². The molecule has 0 spiro atoms. The summed E-state index contributed by atoms with van der Waals surface area (Å²) < 4.78 is 57.7. The zero-order valence-corrected chi connectivity index (χ0v) is 5.45. The van der Waals surface area contributed by atoms with E-state index in [9.17, 15) is 21.9 Å². The van der Waals surface area contributed by atoms with Gasteiger partial charge in [0.15, 0.2) is 6.61 Å². The van der Waals surface area contributed by atoms with E-state index in [1.54, 1.807) is 0 Å². The van der Waals surface area contributed by atoms with Gasteiger partial charge in [-0.25, -0.2) is 10.1 Å². The highest BCUT2D eigenvalue weighted by atomic mass is 31.2. The van der Waals surface area contributed by atoms with Crippen molar-refractivity contribution in [3.05, 3.63) is 0 Å². The van der Waals surface area contributed by atoms with Crippen molar-refractivity contribution in [1.82, 2.24) is 0 Å². The third kappa shape index (κ3) is 7.87. The standard InChI is InChI=1S/C2H4F4NO2P/c3-2(4,5)1-9-10(6,7)8/h1H2,(H2,7,8). The van der Waals surface area contributed by atoms with Crippen LogP contribution < -0.4 is 5.50 Å². The highest BCUT2D eigenvalue weighted by Gasteiger charge is 2.31. The fourth-order valence-electron chi connectivity index (χ4n) is 0.161. The van der Waals surface area contributed by atoms with Gasteiger partial charge < -0.3 is 0 Å². The van der Waals surface area contributed by atoms with E-state index < -0.39 is 20.6 Å². The molecule has 0 saturated carbocycles. The number of rotatable bonds is 2. The van der Waals surface area contributed by atoms with Crippen LogP contribution in [0.5, 0.6) is 0 Å². The summed E-state index contributed by atoms with van der Waals surface area (Å²) in [5.41, 5.74) is 4.01. The maximum absolute atomic E-state index is 11.5. The Balaban J connectivity index is 3.67. The third-order valence-corrected chi connectivity index (χ3v) is 0.885. The molecule has 0 radical (unpaired) electrons. The zero-order valence-electron chi connectivity index (χ0n) is 4.56. The lowest BCUT2D eigenvalue weighted by Crippen LogP contribution is -2.16. The maximum atomic E-state index is 11.5. The average Bonchev–Trinajstić information content (AvgIpc) is 1.57. The summed E-state index contributed by atoms with van der Waals surface area (Å²) in [4.78, 5) is 0. The summed E-state index contributed by atoms with van der Waals surface area (Å²) in [6.07, 6.45) is -4.71. The Morgan fingerprint density at radius 1 is 1.50 bits per heavy atom. The summed E-state index contributed by atoms with van der Waals surface area (Å²) in [6.45, 7) is -1.93. The van der Waals surface area contributed by atoms with Crippen molar-refractivity contribution in [2.75, 3.05) is 6.61 Å². The predicted octanol–water partition coefficient (Wildman–Crippen LogP) is 1.60. The SMILES string of the molecule is NP(=O)(F)OCC(F)(F)F. The molecular weight excluding hydrogens is 177 g/mol. The predicted molar refractivity (Wildman–Crippen MR) is 24.9 cm³/mol. The molecule has 10 heavy (non-hydrogen) atoms. The molecule has 8 heteroatoms. The number of halogens is 4. The van der Waals surface area contributed by atoms with Gasteiger partial charge in [-0.05, 0) is 0 Å². The largest absolute Gasteiger partial charge is 0.440 e. The summed E-state index contributed by atoms with van der Waals surface area (Å²) in [5.74, 6) is 0. The fourth-order valence-corrected chi connectivity index (χ4v) is 0.484. The second-order valence-corrected chi connectivity index (χ2v) is 2.71. The molecule has 1 atom stereocenters. The van der Waals surface area contributed by atoms with Crippen LogP contribution >= 0.6 is 7.83 Å². The Morgan fingerprint density at radius 3 is 2.00 bits per heavy atom. The second-order valence-electron chi connectivity index (χ2n) is 1.41. The molecule has 0 aromatic carbocycles. The van der Waals surface area contributed by atoms with Crippen LogP contribution in [0.4, 0.5) is 17.4 Å². The highest BCUT2D eigenvalue weighted by Crippen LogP contribution is 2.40.